The van der Waals surface area contributed by atoms with E-state index >= 15 is 0 Å². The number of benzene rings is 1. The van der Waals surface area contributed by atoms with E-state index in [4.69, 9.17) is 0 Å². The van der Waals surface area contributed by atoms with E-state index in [1.807, 2.05) is 6.07 Å². The fraction of sp³-hybridized carbons (Fsp3) is 0.455. The van der Waals surface area contributed by atoms with Crippen molar-refractivity contribution in [2.24, 2.45) is 0 Å². The number of hydrogen-bond donors (Lipinski definition) is 0. The molecule has 2 saturated heterocycles. The number of hydrogen-bond acceptors (Lipinski definition) is 2. The Balaban J connectivity index is 1.89. The molecule has 0 aliphatic carbocycles. The lowest BCUT2D eigenvalue weighted by Crippen LogP contribution is -2.33. The minimum Gasteiger partial charge on any atom is -0.366 e. The summed E-state index contributed by atoms with van der Waals surface area (Å²) in [6.45, 7) is 1.10. The Morgan fingerprint density at radius 3 is 3.00 bits per heavy atom. The Morgan fingerprint density at radius 2 is 2.36 bits per heavy atom. The lowest BCUT2D eigenvalue weighted by molar-refractivity contribution is 0.626. The number of halogens is 1. The Bertz CT molecular complexity index is 355. The van der Waals surface area contributed by atoms with E-state index in [0.717, 1.165) is 17.5 Å². The van der Waals surface area contributed by atoms with Crippen LogP contribution in [0.3, 0.4) is 0 Å². The van der Waals surface area contributed by atoms with Crippen molar-refractivity contribution in [1.82, 2.24) is 0 Å². The molecule has 0 radical (unpaired) electrons. The van der Waals surface area contributed by atoms with Gasteiger partial charge in [-0.1, -0.05) is 6.07 Å². The average Bonchev–Trinajstić information content (AvgIpc) is 2.78. The second kappa shape index (κ2) is 3.16. The molecule has 2 aliphatic heterocycles. The molecule has 2 heterocycles. The zero-order valence-electron chi connectivity index (χ0n) is 7.82. The van der Waals surface area contributed by atoms with Gasteiger partial charge in [0.15, 0.2) is 0 Å². The smallest absolute Gasteiger partial charge is 0.125 e. The monoisotopic (exact) mass is 209 g/mol. The minimum absolute atomic E-state index is 0.127. The normalized spacial score (nSPS) is 29.9. The van der Waals surface area contributed by atoms with Crippen LogP contribution in [-0.4, -0.2) is 23.6 Å². The fourth-order valence-electron chi connectivity index (χ4n) is 2.37. The Morgan fingerprint density at radius 1 is 1.43 bits per heavy atom. The first kappa shape index (κ1) is 8.60. The molecule has 1 aromatic carbocycles. The van der Waals surface area contributed by atoms with Crippen LogP contribution in [0.25, 0.3) is 0 Å². The van der Waals surface area contributed by atoms with E-state index in [1.165, 1.54) is 18.2 Å². The third-order valence-corrected chi connectivity index (χ3v) is 4.43. The molecule has 3 rings (SSSR count). The molecular weight excluding hydrogens is 197 g/mol. The van der Waals surface area contributed by atoms with Crippen molar-refractivity contribution >= 4 is 17.4 Å². The summed E-state index contributed by atoms with van der Waals surface area (Å²) in [6.07, 6.45) is 1.28. The van der Waals surface area contributed by atoms with Crippen molar-refractivity contribution in [2.75, 3.05) is 17.2 Å². The number of fused-ring (bicyclic) bond motifs is 2. The highest BCUT2D eigenvalue weighted by Crippen LogP contribution is 2.39. The van der Waals surface area contributed by atoms with Gasteiger partial charge in [-0.15, -0.1) is 0 Å². The second-order valence-electron chi connectivity index (χ2n) is 3.98. The molecule has 74 valence electrons. The molecule has 0 N–H and O–H groups in total. The summed E-state index contributed by atoms with van der Waals surface area (Å²) in [5.74, 6) is 1.08. The first-order chi connectivity index (χ1) is 6.83. The molecule has 2 aliphatic rings. The number of nitrogens with zero attached hydrogens (tertiary/aromatic N) is 1. The first-order valence-electron chi connectivity index (χ1n) is 4.97. The van der Waals surface area contributed by atoms with Gasteiger partial charge < -0.3 is 4.90 Å². The SMILES string of the molecule is Fc1cccc(N2CC3CC2CS3)c1. The highest BCUT2D eigenvalue weighted by molar-refractivity contribution is 8.00. The van der Waals surface area contributed by atoms with Crippen LogP contribution < -0.4 is 4.90 Å². The zero-order valence-corrected chi connectivity index (χ0v) is 8.64. The van der Waals surface area contributed by atoms with Crippen LogP contribution in [0.1, 0.15) is 6.42 Å². The van der Waals surface area contributed by atoms with Crippen molar-refractivity contribution in [3.63, 3.8) is 0 Å². The third kappa shape index (κ3) is 1.31. The van der Waals surface area contributed by atoms with Crippen LogP contribution in [0.5, 0.6) is 0 Å². The molecule has 1 aromatic rings. The van der Waals surface area contributed by atoms with Crippen LogP contribution in [0.15, 0.2) is 24.3 Å². The molecule has 1 nitrogen and oxygen atoms in total. The first-order valence-corrected chi connectivity index (χ1v) is 6.01. The van der Waals surface area contributed by atoms with E-state index in [2.05, 4.69) is 16.7 Å². The molecule has 3 heteroatoms. The number of thioether (sulfide) groups is 1. The fourth-order valence-corrected chi connectivity index (χ4v) is 3.81. The maximum absolute atomic E-state index is 13.0. The van der Waals surface area contributed by atoms with Gasteiger partial charge in [0, 0.05) is 29.3 Å². The molecule has 0 saturated carbocycles. The molecule has 0 aromatic heterocycles. The quantitative estimate of drug-likeness (QED) is 0.699. The molecular formula is C11H12FNS. The van der Waals surface area contributed by atoms with Gasteiger partial charge >= 0.3 is 0 Å². The predicted octanol–water partition coefficient (Wildman–Crippen LogP) is 2.52. The van der Waals surface area contributed by atoms with Gasteiger partial charge in [-0.3, -0.25) is 0 Å². The van der Waals surface area contributed by atoms with Gasteiger partial charge in [0.2, 0.25) is 0 Å². The zero-order chi connectivity index (χ0) is 9.54. The third-order valence-electron chi connectivity index (χ3n) is 3.04. The minimum atomic E-state index is -0.127. The van der Waals surface area contributed by atoms with Crippen molar-refractivity contribution in [1.29, 1.82) is 0 Å². The summed E-state index contributed by atoms with van der Waals surface area (Å²) in [5, 5.41) is 0.781. The van der Waals surface area contributed by atoms with Gasteiger partial charge in [-0.05, 0) is 24.6 Å². The number of anilines is 1. The molecule has 0 amide bonds. The predicted molar refractivity (Wildman–Crippen MR) is 58.4 cm³/mol. The van der Waals surface area contributed by atoms with E-state index in [-0.39, 0.29) is 5.82 Å². The Labute approximate surface area is 87.3 Å². The summed E-state index contributed by atoms with van der Waals surface area (Å²) in [4.78, 5) is 2.35. The van der Waals surface area contributed by atoms with E-state index < -0.39 is 0 Å². The summed E-state index contributed by atoms with van der Waals surface area (Å²) >= 11 is 2.06. The molecule has 2 unspecified atom stereocenters. The van der Waals surface area contributed by atoms with Crippen molar-refractivity contribution in [3.05, 3.63) is 30.1 Å². The lowest BCUT2D eigenvalue weighted by atomic mass is 10.2. The van der Waals surface area contributed by atoms with Gasteiger partial charge in [0.25, 0.3) is 0 Å². The van der Waals surface area contributed by atoms with E-state index in [9.17, 15) is 4.39 Å². The second-order valence-corrected chi connectivity index (χ2v) is 5.31. The van der Waals surface area contributed by atoms with Gasteiger partial charge in [-0.25, -0.2) is 4.39 Å². The Hall–Kier alpha value is -0.700. The maximum atomic E-state index is 13.0. The van der Waals surface area contributed by atoms with Gasteiger partial charge in [0.05, 0.1) is 0 Å². The average molecular weight is 209 g/mol. The largest absolute Gasteiger partial charge is 0.366 e. The topological polar surface area (TPSA) is 3.24 Å². The molecule has 2 fully saturated rings. The lowest BCUT2D eigenvalue weighted by Gasteiger charge is -2.28. The highest BCUT2D eigenvalue weighted by atomic mass is 32.2. The van der Waals surface area contributed by atoms with Crippen LogP contribution >= 0.6 is 11.8 Å². The maximum Gasteiger partial charge on any atom is 0.125 e. The summed E-state index contributed by atoms with van der Waals surface area (Å²) < 4.78 is 13.0. The van der Waals surface area contributed by atoms with Crippen molar-refractivity contribution in [3.8, 4) is 0 Å². The van der Waals surface area contributed by atoms with E-state index in [0.29, 0.717) is 6.04 Å². The van der Waals surface area contributed by atoms with Gasteiger partial charge in [0.1, 0.15) is 5.82 Å². The van der Waals surface area contributed by atoms with Crippen molar-refractivity contribution in [2.45, 2.75) is 17.7 Å². The van der Waals surface area contributed by atoms with Crippen LogP contribution in [-0.2, 0) is 0 Å². The molecule has 14 heavy (non-hydrogen) atoms. The summed E-state index contributed by atoms with van der Waals surface area (Å²) in [5.41, 5.74) is 1.05. The van der Waals surface area contributed by atoms with Gasteiger partial charge in [-0.2, -0.15) is 11.8 Å². The summed E-state index contributed by atoms with van der Waals surface area (Å²) in [7, 11) is 0. The van der Waals surface area contributed by atoms with Crippen LogP contribution in [0.4, 0.5) is 10.1 Å². The molecule has 2 bridgehead atoms. The standard InChI is InChI=1S/C11H12FNS/c12-8-2-1-3-9(4-8)13-6-11-5-10(13)7-14-11/h1-4,10-11H,5-7H2. The van der Waals surface area contributed by atoms with Crippen LogP contribution in [0.2, 0.25) is 0 Å². The van der Waals surface area contributed by atoms with Crippen molar-refractivity contribution < 1.29 is 4.39 Å². The van der Waals surface area contributed by atoms with E-state index in [1.54, 1.807) is 12.1 Å². The summed E-state index contributed by atoms with van der Waals surface area (Å²) in [6, 6.07) is 7.60. The molecule has 0 spiro atoms. The molecule has 2 atom stereocenters. The highest BCUT2D eigenvalue weighted by Gasteiger charge is 2.38. The number of rotatable bonds is 1. The Kier molecular flexibility index (Phi) is 1.94. The van der Waals surface area contributed by atoms with Crippen LogP contribution in [0, 0.1) is 5.82 Å².